The Bertz CT molecular complexity index is 451. The average molecular weight is 240 g/mol. The highest BCUT2D eigenvalue weighted by Crippen LogP contribution is 2.26. The lowest BCUT2D eigenvalue weighted by Crippen LogP contribution is -2.08. The van der Waals surface area contributed by atoms with Crippen LogP contribution in [-0.4, -0.2) is 19.7 Å². The molecule has 0 radical (unpaired) electrons. The maximum atomic E-state index is 11.5. The molecule has 0 N–H and O–H groups in total. The van der Waals surface area contributed by atoms with Crippen molar-refractivity contribution in [3.05, 3.63) is 28.3 Å². The Labute approximate surface area is 98.3 Å². The van der Waals surface area contributed by atoms with Crippen molar-refractivity contribution >= 4 is 17.6 Å². The van der Waals surface area contributed by atoms with Crippen molar-refractivity contribution in [3.8, 4) is 11.8 Å². The largest absolute Gasteiger partial charge is 0.497 e. The molecule has 0 fully saturated rings. The molecule has 0 aliphatic carbocycles. The van der Waals surface area contributed by atoms with E-state index in [4.69, 9.17) is 26.3 Å². The average Bonchev–Trinajstić information content (AvgIpc) is 2.27. The molecule has 1 aromatic carbocycles. The molecule has 0 bridgehead atoms. The van der Waals surface area contributed by atoms with E-state index in [-0.39, 0.29) is 22.8 Å². The van der Waals surface area contributed by atoms with E-state index in [0.29, 0.717) is 5.75 Å². The summed E-state index contributed by atoms with van der Waals surface area (Å²) >= 11 is 5.89. The highest BCUT2D eigenvalue weighted by atomic mass is 35.5. The zero-order valence-corrected chi connectivity index (χ0v) is 9.67. The van der Waals surface area contributed by atoms with Crippen LogP contribution in [-0.2, 0) is 4.74 Å². The van der Waals surface area contributed by atoms with Gasteiger partial charge in [-0.15, -0.1) is 0 Å². The Balaban J connectivity index is 3.28. The van der Waals surface area contributed by atoms with Gasteiger partial charge in [-0.05, 0) is 19.1 Å². The summed E-state index contributed by atoms with van der Waals surface area (Å²) in [6, 6.07) is 4.79. The first kappa shape index (κ1) is 12.3. The Morgan fingerprint density at radius 1 is 1.56 bits per heavy atom. The third-order valence-corrected chi connectivity index (χ3v) is 2.20. The molecule has 0 aliphatic heterocycles. The van der Waals surface area contributed by atoms with Crippen molar-refractivity contribution in [3.63, 3.8) is 0 Å². The van der Waals surface area contributed by atoms with Gasteiger partial charge in [-0.25, -0.2) is 4.79 Å². The Morgan fingerprint density at radius 3 is 2.75 bits per heavy atom. The second-order valence-electron chi connectivity index (χ2n) is 2.86. The van der Waals surface area contributed by atoms with E-state index in [0.717, 1.165) is 0 Å². The summed E-state index contributed by atoms with van der Waals surface area (Å²) in [4.78, 5) is 11.5. The Hall–Kier alpha value is -1.73. The number of esters is 1. The van der Waals surface area contributed by atoms with Gasteiger partial charge >= 0.3 is 5.97 Å². The lowest BCUT2D eigenvalue weighted by atomic mass is 10.1. The quantitative estimate of drug-likeness (QED) is 0.760. The van der Waals surface area contributed by atoms with Crippen LogP contribution in [0.4, 0.5) is 0 Å². The number of hydrogen-bond acceptors (Lipinski definition) is 4. The van der Waals surface area contributed by atoms with Crippen LogP contribution in [0.1, 0.15) is 22.8 Å². The number of nitriles is 1. The molecule has 0 heterocycles. The van der Waals surface area contributed by atoms with Crippen LogP contribution in [0.2, 0.25) is 5.02 Å². The summed E-state index contributed by atoms with van der Waals surface area (Å²) in [5, 5.41) is 9.06. The molecule has 1 aromatic rings. The number of hydrogen-bond donors (Lipinski definition) is 0. The van der Waals surface area contributed by atoms with Gasteiger partial charge in [-0.3, -0.25) is 0 Å². The fraction of sp³-hybridized carbons (Fsp3) is 0.273. The highest BCUT2D eigenvalue weighted by molar-refractivity contribution is 6.34. The normalized spacial score (nSPS) is 9.38. The minimum Gasteiger partial charge on any atom is -0.497 e. The van der Waals surface area contributed by atoms with Crippen molar-refractivity contribution in [1.82, 2.24) is 0 Å². The lowest BCUT2D eigenvalue weighted by molar-refractivity contribution is 0.0526. The third kappa shape index (κ3) is 2.44. The van der Waals surface area contributed by atoms with Crippen LogP contribution in [0, 0.1) is 11.3 Å². The first-order valence-electron chi connectivity index (χ1n) is 4.58. The fourth-order valence-electron chi connectivity index (χ4n) is 1.20. The van der Waals surface area contributed by atoms with Gasteiger partial charge in [-0.2, -0.15) is 5.26 Å². The number of nitrogens with zero attached hydrogens (tertiary/aromatic N) is 1. The molecule has 0 saturated carbocycles. The molecular formula is C11H10ClNO3. The minimum absolute atomic E-state index is 0.0758. The summed E-state index contributed by atoms with van der Waals surface area (Å²) < 4.78 is 9.75. The second-order valence-corrected chi connectivity index (χ2v) is 3.27. The predicted octanol–water partition coefficient (Wildman–Crippen LogP) is 2.40. The standard InChI is InChI=1S/C11H10ClNO3/c1-3-16-11(14)10-7(6-13)4-8(15-2)5-9(10)12/h4-5H,3H2,1-2H3. The van der Waals surface area contributed by atoms with Crippen molar-refractivity contribution in [1.29, 1.82) is 5.26 Å². The monoisotopic (exact) mass is 239 g/mol. The highest BCUT2D eigenvalue weighted by Gasteiger charge is 2.18. The molecule has 0 atom stereocenters. The lowest BCUT2D eigenvalue weighted by Gasteiger charge is -2.08. The van der Waals surface area contributed by atoms with E-state index in [2.05, 4.69) is 0 Å². The van der Waals surface area contributed by atoms with Crippen molar-refractivity contribution in [2.45, 2.75) is 6.92 Å². The first-order valence-corrected chi connectivity index (χ1v) is 4.96. The van der Waals surface area contributed by atoms with Crippen LogP contribution in [0.25, 0.3) is 0 Å². The SMILES string of the molecule is CCOC(=O)c1c(Cl)cc(OC)cc1C#N. The number of ether oxygens (including phenoxy) is 2. The Morgan fingerprint density at radius 2 is 2.25 bits per heavy atom. The minimum atomic E-state index is -0.605. The van der Waals surface area contributed by atoms with Crippen LogP contribution >= 0.6 is 11.6 Å². The number of carbonyl (C=O) groups excluding carboxylic acids is 1. The van der Waals surface area contributed by atoms with Gasteiger partial charge in [-0.1, -0.05) is 11.6 Å². The van der Waals surface area contributed by atoms with Gasteiger partial charge in [0.15, 0.2) is 0 Å². The van der Waals surface area contributed by atoms with Gasteiger partial charge in [0.2, 0.25) is 0 Å². The molecule has 0 spiro atoms. The first-order chi connectivity index (χ1) is 7.63. The Kier molecular flexibility index (Phi) is 4.15. The molecule has 1 rings (SSSR count). The molecular weight excluding hydrogens is 230 g/mol. The van der Waals surface area contributed by atoms with E-state index >= 15 is 0 Å². The molecule has 4 nitrogen and oxygen atoms in total. The molecule has 0 amide bonds. The number of carbonyl (C=O) groups is 1. The summed E-state index contributed by atoms with van der Waals surface area (Å²) in [5.41, 5.74) is 0.217. The number of rotatable bonds is 3. The van der Waals surface area contributed by atoms with Crippen molar-refractivity contribution in [2.75, 3.05) is 13.7 Å². The summed E-state index contributed by atoms with van der Waals surface area (Å²) in [6.07, 6.45) is 0. The van der Waals surface area contributed by atoms with E-state index < -0.39 is 5.97 Å². The van der Waals surface area contributed by atoms with Crippen molar-refractivity contribution in [2.24, 2.45) is 0 Å². The van der Waals surface area contributed by atoms with Gasteiger partial charge in [0.25, 0.3) is 0 Å². The molecule has 0 aliphatic rings. The summed E-state index contributed by atoms with van der Waals surface area (Å²) in [5.74, 6) is -0.179. The molecule has 16 heavy (non-hydrogen) atoms. The summed E-state index contributed by atoms with van der Waals surface area (Å²) in [6.45, 7) is 1.91. The fourth-order valence-corrected chi connectivity index (χ4v) is 1.49. The van der Waals surface area contributed by atoms with Crippen LogP contribution in [0.15, 0.2) is 12.1 Å². The number of methoxy groups -OCH3 is 1. The topological polar surface area (TPSA) is 59.3 Å². The van der Waals surface area contributed by atoms with E-state index in [1.165, 1.54) is 19.2 Å². The molecule has 0 unspecified atom stereocenters. The molecule has 0 saturated heterocycles. The van der Waals surface area contributed by atoms with Gasteiger partial charge in [0.1, 0.15) is 11.8 Å². The van der Waals surface area contributed by atoms with Gasteiger partial charge in [0.05, 0.1) is 29.9 Å². The number of halogens is 1. The maximum absolute atomic E-state index is 11.5. The molecule has 84 valence electrons. The third-order valence-electron chi connectivity index (χ3n) is 1.90. The smallest absolute Gasteiger partial charge is 0.341 e. The maximum Gasteiger partial charge on any atom is 0.341 e. The molecule has 5 heteroatoms. The van der Waals surface area contributed by atoms with E-state index in [1.54, 1.807) is 6.92 Å². The number of benzene rings is 1. The van der Waals surface area contributed by atoms with Crippen LogP contribution in [0.5, 0.6) is 5.75 Å². The predicted molar refractivity (Wildman–Crippen MR) is 58.7 cm³/mol. The van der Waals surface area contributed by atoms with Gasteiger partial charge in [0, 0.05) is 0 Å². The zero-order valence-electron chi connectivity index (χ0n) is 8.91. The zero-order chi connectivity index (χ0) is 12.1. The van der Waals surface area contributed by atoms with Gasteiger partial charge < -0.3 is 9.47 Å². The molecule has 0 aromatic heterocycles. The van der Waals surface area contributed by atoms with Crippen molar-refractivity contribution < 1.29 is 14.3 Å². The summed E-state index contributed by atoms with van der Waals surface area (Å²) in [7, 11) is 1.46. The second kappa shape index (κ2) is 5.38. The van der Waals surface area contributed by atoms with Crippen LogP contribution in [0.3, 0.4) is 0 Å². The van der Waals surface area contributed by atoms with Crippen LogP contribution < -0.4 is 4.74 Å². The van der Waals surface area contributed by atoms with E-state index in [9.17, 15) is 4.79 Å². The van der Waals surface area contributed by atoms with E-state index in [1.807, 2.05) is 6.07 Å².